The predicted octanol–water partition coefficient (Wildman–Crippen LogP) is 3.35. The maximum atomic E-state index is 11.4. The largest absolute Gasteiger partial charge is 0.445 e. The minimum absolute atomic E-state index is 0.218. The fourth-order valence-electron chi connectivity index (χ4n) is 1.65. The van der Waals surface area contributed by atoms with Crippen molar-refractivity contribution in [1.29, 1.82) is 0 Å². The van der Waals surface area contributed by atoms with E-state index in [2.05, 4.69) is 11.9 Å². The van der Waals surface area contributed by atoms with E-state index in [1.54, 1.807) is 0 Å². The molecule has 0 aliphatic rings. The van der Waals surface area contributed by atoms with Crippen LogP contribution in [0.3, 0.4) is 0 Å². The van der Waals surface area contributed by atoms with Crippen molar-refractivity contribution in [3.63, 3.8) is 0 Å². The third-order valence-electron chi connectivity index (χ3n) is 2.24. The highest BCUT2D eigenvalue weighted by atomic mass is 16.5. The van der Waals surface area contributed by atoms with Crippen molar-refractivity contribution in [2.24, 2.45) is 0 Å². The highest BCUT2D eigenvalue weighted by molar-refractivity contribution is 5.86. The van der Waals surface area contributed by atoms with Gasteiger partial charge in [-0.05, 0) is 31.9 Å². The molecular weight excluding hydrogens is 202 g/mol. The summed E-state index contributed by atoms with van der Waals surface area (Å²) in [5.74, 6) is 0. The number of benzene rings is 1. The first kappa shape index (κ1) is 12.3. The van der Waals surface area contributed by atoms with Crippen molar-refractivity contribution >= 4 is 11.8 Å². The zero-order valence-corrected chi connectivity index (χ0v) is 9.96. The molecular formula is C13H17NO2. The Kier molecular flexibility index (Phi) is 4.11. The smallest absolute Gasteiger partial charge is 0.411 e. The topological polar surface area (TPSA) is 38.3 Å². The molecule has 0 fully saturated rings. The molecule has 1 aromatic carbocycles. The number of ether oxygens (including phenoxy) is 1. The molecule has 0 aliphatic heterocycles. The molecule has 0 spiro atoms. The number of anilines is 1. The molecule has 1 aromatic rings. The second-order valence-corrected chi connectivity index (χ2v) is 3.79. The Morgan fingerprint density at radius 3 is 2.44 bits per heavy atom. The van der Waals surface area contributed by atoms with Crippen molar-refractivity contribution < 1.29 is 9.53 Å². The van der Waals surface area contributed by atoms with Crippen LogP contribution < -0.4 is 5.32 Å². The number of aryl methyl sites for hydroxylation is 3. The summed E-state index contributed by atoms with van der Waals surface area (Å²) in [7, 11) is 0. The van der Waals surface area contributed by atoms with Gasteiger partial charge in [0, 0.05) is 5.69 Å². The lowest BCUT2D eigenvalue weighted by Gasteiger charge is -2.12. The molecule has 0 bridgehead atoms. The monoisotopic (exact) mass is 219 g/mol. The SMILES string of the molecule is C=CCOC(=O)Nc1c(C)cc(C)cc1C. The van der Waals surface area contributed by atoms with Crippen LogP contribution >= 0.6 is 0 Å². The Labute approximate surface area is 96.1 Å². The molecule has 3 heteroatoms. The highest BCUT2D eigenvalue weighted by Crippen LogP contribution is 2.21. The van der Waals surface area contributed by atoms with Crippen LogP contribution in [0.1, 0.15) is 16.7 Å². The Morgan fingerprint density at radius 1 is 1.38 bits per heavy atom. The third-order valence-corrected chi connectivity index (χ3v) is 2.24. The molecule has 0 aromatic heterocycles. The standard InChI is InChI=1S/C13H17NO2/c1-5-6-16-13(15)14-12-10(3)7-9(2)8-11(12)4/h5,7-8H,1,6H2,2-4H3,(H,14,15). The zero-order valence-electron chi connectivity index (χ0n) is 9.96. The van der Waals surface area contributed by atoms with Crippen LogP contribution in [0.25, 0.3) is 0 Å². The fourth-order valence-corrected chi connectivity index (χ4v) is 1.65. The van der Waals surface area contributed by atoms with Gasteiger partial charge in [-0.25, -0.2) is 4.79 Å². The van der Waals surface area contributed by atoms with E-state index in [9.17, 15) is 4.79 Å². The number of rotatable bonds is 3. The van der Waals surface area contributed by atoms with Gasteiger partial charge >= 0.3 is 6.09 Å². The van der Waals surface area contributed by atoms with E-state index in [0.717, 1.165) is 16.8 Å². The van der Waals surface area contributed by atoms with E-state index in [-0.39, 0.29) is 6.61 Å². The fraction of sp³-hybridized carbons (Fsp3) is 0.308. The van der Waals surface area contributed by atoms with Crippen LogP contribution in [0, 0.1) is 20.8 Å². The van der Waals surface area contributed by atoms with Gasteiger partial charge in [0.2, 0.25) is 0 Å². The van der Waals surface area contributed by atoms with Crippen LogP contribution in [-0.4, -0.2) is 12.7 Å². The number of carbonyl (C=O) groups excluding carboxylic acids is 1. The molecule has 3 nitrogen and oxygen atoms in total. The third kappa shape index (κ3) is 3.12. The van der Waals surface area contributed by atoms with Gasteiger partial charge in [0.05, 0.1) is 0 Å². The van der Waals surface area contributed by atoms with Gasteiger partial charge in [-0.2, -0.15) is 0 Å². The number of hydrogen-bond acceptors (Lipinski definition) is 2. The molecule has 0 atom stereocenters. The molecule has 0 saturated carbocycles. The van der Waals surface area contributed by atoms with Crippen LogP contribution in [0.2, 0.25) is 0 Å². The van der Waals surface area contributed by atoms with Crippen molar-refractivity contribution in [2.45, 2.75) is 20.8 Å². The summed E-state index contributed by atoms with van der Waals surface area (Å²) in [6, 6.07) is 4.05. The first-order valence-corrected chi connectivity index (χ1v) is 5.17. The summed E-state index contributed by atoms with van der Waals surface area (Å²) in [4.78, 5) is 11.4. The average molecular weight is 219 g/mol. The van der Waals surface area contributed by atoms with Crippen LogP contribution in [0.15, 0.2) is 24.8 Å². The Balaban J connectivity index is 2.81. The lowest BCUT2D eigenvalue weighted by atomic mass is 10.1. The van der Waals surface area contributed by atoms with Crippen LogP contribution in [0.5, 0.6) is 0 Å². The van der Waals surface area contributed by atoms with E-state index in [0.29, 0.717) is 0 Å². The maximum absolute atomic E-state index is 11.4. The summed E-state index contributed by atoms with van der Waals surface area (Å²) in [6.45, 7) is 9.65. The summed E-state index contributed by atoms with van der Waals surface area (Å²) >= 11 is 0. The zero-order chi connectivity index (χ0) is 12.1. The molecule has 16 heavy (non-hydrogen) atoms. The number of hydrogen-bond donors (Lipinski definition) is 1. The summed E-state index contributed by atoms with van der Waals surface area (Å²) in [6.07, 6.45) is 1.09. The molecule has 0 heterocycles. The maximum Gasteiger partial charge on any atom is 0.411 e. The molecule has 86 valence electrons. The first-order valence-electron chi connectivity index (χ1n) is 5.17. The summed E-state index contributed by atoms with van der Waals surface area (Å²) < 4.78 is 4.87. The second-order valence-electron chi connectivity index (χ2n) is 3.79. The van der Waals surface area contributed by atoms with Gasteiger partial charge < -0.3 is 4.74 Å². The van der Waals surface area contributed by atoms with Crippen LogP contribution in [0.4, 0.5) is 10.5 Å². The van der Waals surface area contributed by atoms with Gasteiger partial charge in [-0.15, -0.1) is 0 Å². The normalized spacial score (nSPS) is 9.69. The van der Waals surface area contributed by atoms with Crippen molar-refractivity contribution in [1.82, 2.24) is 0 Å². The van der Waals surface area contributed by atoms with Gasteiger partial charge in [0.25, 0.3) is 0 Å². The molecule has 0 unspecified atom stereocenters. The lowest BCUT2D eigenvalue weighted by Crippen LogP contribution is -2.15. The molecule has 0 saturated heterocycles. The van der Waals surface area contributed by atoms with Crippen molar-refractivity contribution in [3.05, 3.63) is 41.5 Å². The summed E-state index contributed by atoms with van der Waals surface area (Å²) in [5.41, 5.74) is 4.07. The van der Waals surface area contributed by atoms with Crippen molar-refractivity contribution in [2.75, 3.05) is 11.9 Å². The van der Waals surface area contributed by atoms with Gasteiger partial charge in [-0.3, -0.25) is 5.32 Å². The second kappa shape index (κ2) is 5.35. The Hall–Kier alpha value is -1.77. The molecule has 1 rings (SSSR count). The van der Waals surface area contributed by atoms with E-state index >= 15 is 0 Å². The Morgan fingerprint density at radius 2 is 1.94 bits per heavy atom. The quantitative estimate of drug-likeness (QED) is 0.792. The van der Waals surface area contributed by atoms with E-state index in [1.165, 1.54) is 11.6 Å². The van der Waals surface area contributed by atoms with Gasteiger partial charge in [0.15, 0.2) is 0 Å². The molecule has 1 amide bonds. The van der Waals surface area contributed by atoms with Gasteiger partial charge in [-0.1, -0.05) is 30.4 Å². The van der Waals surface area contributed by atoms with Crippen molar-refractivity contribution in [3.8, 4) is 0 Å². The number of carbonyl (C=O) groups is 1. The number of amides is 1. The summed E-state index contributed by atoms with van der Waals surface area (Å²) in [5, 5.41) is 2.73. The minimum atomic E-state index is -0.449. The highest BCUT2D eigenvalue weighted by Gasteiger charge is 2.08. The van der Waals surface area contributed by atoms with Crippen LogP contribution in [-0.2, 0) is 4.74 Å². The number of nitrogens with one attached hydrogen (secondary N) is 1. The molecule has 1 N–H and O–H groups in total. The lowest BCUT2D eigenvalue weighted by molar-refractivity contribution is 0.174. The predicted molar refractivity (Wildman–Crippen MR) is 65.8 cm³/mol. The van der Waals surface area contributed by atoms with E-state index in [1.807, 2.05) is 32.9 Å². The average Bonchev–Trinajstić information content (AvgIpc) is 2.20. The van der Waals surface area contributed by atoms with Gasteiger partial charge in [0.1, 0.15) is 6.61 Å². The minimum Gasteiger partial charge on any atom is -0.445 e. The van der Waals surface area contributed by atoms with E-state index < -0.39 is 6.09 Å². The Bertz CT molecular complexity index is 387. The van der Waals surface area contributed by atoms with E-state index in [4.69, 9.17) is 4.74 Å². The molecule has 0 aliphatic carbocycles. The first-order chi connectivity index (χ1) is 7.54. The molecule has 0 radical (unpaired) electrons.